The highest BCUT2D eigenvalue weighted by Crippen LogP contribution is 2.06. The number of rotatable bonds is 10. The van der Waals surface area contributed by atoms with Gasteiger partial charge in [0.2, 0.25) is 11.8 Å². The number of nitrogens with one attached hydrogen (secondary N) is 3. The zero-order valence-electron chi connectivity index (χ0n) is 13.3. The fourth-order valence-electron chi connectivity index (χ4n) is 1.41. The first-order chi connectivity index (χ1) is 9.32. The molecule has 118 valence electrons. The lowest BCUT2D eigenvalue weighted by Gasteiger charge is -2.26. The van der Waals surface area contributed by atoms with E-state index >= 15 is 0 Å². The molecule has 0 aliphatic rings. The minimum atomic E-state index is -0.312. The number of carbonyl (C=O) groups is 2. The van der Waals surface area contributed by atoms with Crippen molar-refractivity contribution in [1.29, 1.82) is 0 Å². The monoisotopic (exact) mass is 287 g/mol. The lowest BCUT2D eigenvalue weighted by Crippen LogP contribution is -2.51. The van der Waals surface area contributed by atoms with Crippen LogP contribution in [0.25, 0.3) is 0 Å². The van der Waals surface area contributed by atoms with Gasteiger partial charge in [-0.1, -0.05) is 6.92 Å². The van der Waals surface area contributed by atoms with E-state index in [9.17, 15) is 9.59 Å². The van der Waals surface area contributed by atoms with Crippen molar-refractivity contribution in [3.8, 4) is 0 Å². The Morgan fingerprint density at radius 1 is 1.25 bits per heavy atom. The molecule has 20 heavy (non-hydrogen) atoms. The molecule has 0 saturated carbocycles. The smallest absolute Gasteiger partial charge is 0.237 e. The molecule has 0 aliphatic carbocycles. The summed E-state index contributed by atoms with van der Waals surface area (Å²) >= 11 is 0. The van der Waals surface area contributed by atoms with Gasteiger partial charge in [0.25, 0.3) is 0 Å². The SMILES string of the molecule is CCC(C)(C)NC(=O)C(C)NCCC(=O)NCCOC. The Bertz CT molecular complexity index is 306. The molecule has 3 N–H and O–H groups in total. The molecular weight excluding hydrogens is 258 g/mol. The van der Waals surface area contributed by atoms with Gasteiger partial charge in [0.1, 0.15) is 0 Å². The molecule has 0 rings (SSSR count). The fraction of sp³-hybridized carbons (Fsp3) is 0.857. The van der Waals surface area contributed by atoms with E-state index in [2.05, 4.69) is 16.0 Å². The second kappa shape index (κ2) is 9.72. The fourth-order valence-corrected chi connectivity index (χ4v) is 1.41. The van der Waals surface area contributed by atoms with Crippen LogP contribution in [0.1, 0.15) is 40.5 Å². The lowest BCUT2D eigenvalue weighted by molar-refractivity contribution is -0.125. The summed E-state index contributed by atoms with van der Waals surface area (Å²) in [6, 6.07) is -0.312. The van der Waals surface area contributed by atoms with E-state index in [0.29, 0.717) is 26.1 Å². The highest BCUT2D eigenvalue weighted by Gasteiger charge is 2.21. The zero-order chi connectivity index (χ0) is 15.6. The van der Waals surface area contributed by atoms with E-state index in [1.807, 2.05) is 20.8 Å². The molecule has 2 amide bonds. The summed E-state index contributed by atoms with van der Waals surface area (Å²) < 4.78 is 4.84. The summed E-state index contributed by atoms with van der Waals surface area (Å²) in [4.78, 5) is 23.4. The summed E-state index contributed by atoms with van der Waals surface area (Å²) in [5.41, 5.74) is -0.204. The third kappa shape index (κ3) is 8.87. The van der Waals surface area contributed by atoms with Crippen LogP contribution in [0.3, 0.4) is 0 Å². The molecule has 1 unspecified atom stereocenters. The molecule has 0 fully saturated rings. The van der Waals surface area contributed by atoms with E-state index in [0.717, 1.165) is 6.42 Å². The molecule has 0 aromatic heterocycles. The van der Waals surface area contributed by atoms with Crippen molar-refractivity contribution in [3.05, 3.63) is 0 Å². The number of hydrogen-bond acceptors (Lipinski definition) is 4. The highest BCUT2D eigenvalue weighted by molar-refractivity contribution is 5.82. The molecule has 0 spiro atoms. The maximum Gasteiger partial charge on any atom is 0.237 e. The van der Waals surface area contributed by atoms with E-state index in [-0.39, 0.29) is 23.4 Å². The Balaban J connectivity index is 3.84. The van der Waals surface area contributed by atoms with Gasteiger partial charge in [-0.2, -0.15) is 0 Å². The summed E-state index contributed by atoms with van der Waals surface area (Å²) in [5.74, 6) is -0.0901. The van der Waals surface area contributed by atoms with Crippen molar-refractivity contribution in [2.75, 3.05) is 26.8 Å². The van der Waals surface area contributed by atoms with Crippen LogP contribution in [-0.4, -0.2) is 50.2 Å². The van der Waals surface area contributed by atoms with Crippen molar-refractivity contribution in [3.63, 3.8) is 0 Å². The number of hydrogen-bond donors (Lipinski definition) is 3. The highest BCUT2D eigenvalue weighted by atomic mass is 16.5. The maximum atomic E-state index is 11.9. The summed E-state index contributed by atoms with van der Waals surface area (Å²) in [5, 5.41) is 8.74. The van der Waals surface area contributed by atoms with Crippen molar-refractivity contribution >= 4 is 11.8 Å². The average Bonchev–Trinajstić information content (AvgIpc) is 2.38. The Morgan fingerprint density at radius 3 is 2.45 bits per heavy atom. The van der Waals surface area contributed by atoms with Crippen LogP contribution in [0.15, 0.2) is 0 Å². The van der Waals surface area contributed by atoms with E-state index in [1.165, 1.54) is 0 Å². The first kappa shape index (κ1) is 18.9. The molecule has 0 bridgehead atoms. The maximum absolute atomic E-state index is 11.9. The van der Waals surface area contributed by atoms with Crippen molar-refractivity contribution in [1.82, 2.24) is 16.0 Å². The third-order valence-electron chi connectivity index (χ3n) is 3.17. The van der Waals surface area contributed by atoms with Gasteiger partial charge in [-0.05, 0) is 27.2 Å². The topological polar surface area (TPSA) is 79.5 Å². The second-order valence-electron chi connectivity index (χ2n) is 5.50. The standard InChI is InChI=1S/C14H29N3O3/c1-6-14(3,4)17-13(19)11(2)15-8-7-12(18)16-9-10-20-5/h11,15H,6-10H2,1-5H3,(H,16,18)(H,17,19). The lowest BCUT2D eigenvalue weighted by atomic mass is 10.0. The minimum Gasteiger partial charge on any atom is -0.383 e. The van der Waals surface area contributed by atoms with Gasteiger partial charge in [-0.25, -0.2) is 0 Å². The average molecular weight is 287 g/mol. The van der Waals surface area contributed by atoms with Gasteiger partial charge in [-0.15, -0.1) is 0 Å². The Hall–Kier alpha value is -1.14. The van der Waals surface area contributed by atoms with Gasteiger partial charge in [0.05, 0.1) is 12.6 Å². The summed E-state index contributed by atoms with van der Waals surface area (Å²) in [6.07, 6.45) is 1.21. The van der Waals surface area contributed by atoms with Gasteiger partial charge >= 0.3 is 0 Å². The van der Waals surface area contributed by atoms with Crippen molar-refractivity contribution < 1.29 is 14.3 Å². The Morgan fingerprint density at radius 2 is 1.90 bits per heavy atom. The number of carbonyl (C=O) groups excluding carboxylic acids is 2. The zero-order valence-corrected chi connectivity index (χ0v) is 13.3. The molecule has 0 saturated heterocycles. The van der Waals surface area contributed by atoms with Crippen molar-refractivity contribution in [2.24, 2.45) is 0 Å². The molecule has 0 heterocycles. The minimum absolute atomic E-state index is 0.0448. The van der Waals surface area contributed by atoms with E-state index in [1.54, 1.807) is 14.0 Å². The molecular formula is C14H29N3O3. The molecule has 6 heteroatoms. The molecule has 0 aromatic rings. The summed E-state index contributed by atoms with van der Waals surface area (Å²) in [6.45, 7) is 9.29. The predicted octanol–water partition coefficient (Wildman–Crippen LogP) is 0.422. The Kier molecular flexibility index (Phi) is 9.16. The number of amides is 2. The number of ether oxygens (including phenoxy) is 1. The van der Waals surface area contributed by atoms with E-state index < -0.39 is 0 Å². The van der Waals surface area contributed by atoms with Crippen molar-refractivity contribution in [2.45, 2.75) is 52.1 Å². The Labute approximate surface area is 122 Å². The quantitative estimate of drug-likeness (QED) is 0.509. The molecule has 0 aliphatic heterocycles. The second-order valence-corrected chi connectivity index (χ2v) is 5.50. The number of methoxy groups -OCH3 is 1. The summed E-state index contributed by atoms with van der Waals surface area (Å²) in [7, 11) is 1.59. The van der Waals surface area contributed by atoms with E-state index in [4.69, 9.17) is 4.74 Å². The van der Waals surface area contributed by atoms with Crippen LogP contribution in [-0.2, 0) is 14.3 Å². The molecule has 1 atom stereocenters. The molecule has 0 aromatic carbocycles. The van der Waals surface area contributed by atoms with Crippen LogP contribution >= 0.6 is 0 Å². The van der Waals surface area contributed by atoms with Gasteiger partial charge in [-0.3, -0.25) is 9.59 Å². The predicted molar refractivity (Wildman–Crippen MR) is 79.5 cm³/mol. The van der Waals surface area contributed by atoms with Gasteiger partial charge in [0.15, 0.2) is 0 Å². The van der Waals surface area contributed by atoms with Crippen LogP contribution in [0.4, 0.5) is 0 Å². The van der Waals surface area contributed by atoms with Crippen LogP contribution in [0, 0.1) is 0 Å². The van der Waals surface area contributed by atoms with Crippen LogP contribution in [0.5, 0.6) is 0 Å². The molecule has 6 nitrogen and oxygen atoms in total. The first-order valence-electron chi connectivity index (χ1n) is 7.13. The largest absolute Gasteiger partial charge is 0.383 e. The molecule has 0 radical (unpaired) electrons. The van der Waals surface area contributed by atoms with Crippen LogP contribution < -0.4 is 16.0 Å². The third-order valence-corrected chi connectivity index (χ3v) is 3.17. The first-order valence-corrected chi connectivity index (χ1v) is 7.13. The van der Waals surface area contributed by atoms with Crippen LogP contribution in [0.2, 0.25) is 0 Å². The van der Waals surface area contributed by atoms with Gasteiger partial charge < -0.3 is 20.7 Å². The normalized spacial score (nSPS) is 12.8. The van der Waals surface area contributed by atoms with Gasteiger partial charge in [0, 0.05) is 32.2 Å².